The number of aromatic nitrogens is 1. The van der Waals surface area contributed by atoms with Crippen LogP contribution in [0.25, 0.3) is 0 Å². The monoisotopic (exact) mass is 331 g/mol. The molecule has 1 aromatic rings. The van der Waals surface area contributed by atoms with Crippen LogP contribution >= 0.6 is 27.5 Å². The molecule has 18 heavy (non-hydrogen) atoms. The van der Waals surface area contributed by atoms with Crippen molar-refractivity contribution in [1.82, 2.24) is 9.88 Å². The molecule has 1 aliphatic rings. The van der Waals surface area contributed by atoms with E-state index in [1.807, 2.05) is 6.20 Å². The molecule has 1 atom stereocenters. The van der Waals surface area contributed by atoms with Crippen LogP contribution in [-0.4, -0.2) is 43.1 Å². The lowest BCUT2D eigenvalue weighted by atomic mass is 10.0. The van der Waals surface area contributed by atoms with Crippen molar-refractivity contribution in [3.8, 4) is 0 Å². The first kappa shape index (κ1) is 14.1. The van der Waals surface area contributed by atoms with Crippen LogP contribution in [0.5, 0.6) is 0 Å². The molecular formula is C13H19BrClN3. The van der Waals surface area contributed by atoms with Crippen LogP contribution in [0.2, 0.25) is 0 Å². The topological polar surface area (TPSA) is 19.4 Å². The maximum absolute atomic E-state index is 6.02. The number of likely N-dealkylation sites (N-methyl/N-ethyl adjacent to an activating group) is 2. The Hall–Kier alpha value is -0.320. The van der Waals surface area contributed by atoms with Gasteiger partial charge in [-0.15, -0.1) is 11.6 Å². The van der Waals surface area contributed by atoms with Crippen molar-refractivity contribution >= 4 is 33.3 Å². The normalized spacial score (nSPS) is 21.0. The molecule has 100 valence electrons. The van der Waals surface area contributed by atoms with E-state index in [1.165, 1.54) is 19.4 Å². The molecule has 0 aromatic carbocycles. The minimum atomic E-state index is 0.495. The summed E-state index contributed by atoms with van der Waals surface area (Å²) < 4.78 is 0.982. The van der Waals surface area contributed by atoms with Gasteiger partial charge in [-0.2, -0.15) is 0 Å². The Morgan fingerprint density at radius 2 is 2.39 bits per heavy atom. The lowest BCUT2D eigenvalue weighted by molar-refractivity contribution is 0.247. The van der Waals surface area contributed by atoms with Crippen LogP contribution in [0.4, 0.5) is 5.82 Å². The highest BCUT2D eigenvalue weighted by molar-refractivity contribution is 9.10. The molecule has 5 heteroatoms. The number of hydrogen-bond donors (Lipinski definition) is 0. The van der Waals surface area contributed by atoms with Crippen molar-refractivity contribution in [3.63, 3.8) is 0 Å². The number of nitrogens with zero attached hydrogens (tertiary/aromatic N) is 3. The molecule has 0 saturated carbocycles. The molecule has 1 unspecified atom stereocenters. The summed E-state index contributed by atoms with van der Waals surface area (Å²) in [7, 11) is 4.30. The van der Waals surface area contributed by atoms with E-state index < -0.39 is 0 Å². The molecule has 1 aromatic heterocycles. The van der Waals surface area contributed by atoms with Gasteiger partial charge in [0.15, 0.2) is 0 Å². The van der Waals surface area contributed by atoms with Crippen LogP contribution in [0.1, 0.15) is 18.4 Å². The zero-order valence-electron chi connectivity index (χ0n) is 10.9. The summed E-state index contributed by atoms with van der Waals surface area (Å²) in [5, 5.41) is 0. The third-order valence-electron chi connectivity index (χ3n) is 3.53. The second-order valence-corrected chi connectivity index (χ2v) is 6.12. The highest BCUT2D eigenvalue weighted by Crippen LogP contribution is 2.26. The zero-order chi connectivity index (χ0) is 13.1. The van der Waals surface area contributed by atoms with Crippen molar-refractivity contribution in [1.29, 1.82) is 0 Å². The second-order valence-electron chi connectivity index (χ2n) is 4.94. The number of halogens is 2. The molecule has 0 aliphatic carbocycles. The van der Waals surface area contributed by atoms with E-state index in [9.17, 15) is 0 Å². The average molecular weight is 333 g/mol. The fraction of sp³-hybridized carbons (Fsp3) is 0.615. The molecule has 3 nitrogen and oxygen atoms in total. The first-order valence-electron chi connectivity index (χ1n) is 6.23. The van der Waals surface area contributed by atoms with Gasteiger partial charge in [-0.25, -0.2) is 4.98 Å². The molecule has 0 radical (unpaired) electrons. The van der Waals surface area contributed by atoms with E-state index in [4.69, 9.17) is 11.6 Å². The van der Waals surface area contributed by atoms with Gasteiger partial charge in [0.1, 0.15) is 5.82 Å². The predicted octanol–water partition coefficient (Wildman–Crippen LogP) is 3.11. The van der Waals surface area contributed by atoms with E-state index in [2.05, 4.69) is 50.9 Å². The molecule has 2 rings (SSSR count). The summed E-state index contributed by atoms with van der Waals surface area (Å²) >= 11 is 9.46. The number of piperidine rings is 1. The fourth-order valence-electron chi connectivity index (χ4n) is 2.52. The van der Waals surface area contributed by atoms with Gasteiger partial charge < -0.3 is 9.80 Å². The van der Waals surface area contributed by atoms with Gasteiger partial charge in [0, 0.05) is 35.9 Å². The Morgan fingerprint density at radius 1 is 1.61 bits per heavy atom. The van der Waals surface area contributed by atoms with Crippen LogP contribution in [-0.2, 0) is 5.88 Å². The van der Waals surface area contributed by atoms with Crippen LogP contribution in [0, 0.1) is 0 Å². The third-order valence-corrected chi connectivity index (χ3v) is 4.26. The van der Waals surface area contributed by atoms with E-state index in [1.54, 1.807) is 0 Å². The number of pyridine rings is 1. The first-order valence-corrected chi connectivity index (χ1v) is 7.56. The highest BCUT2D eigenvalue weighted by Gasteiger charge is 2.23. The maximum Gasteiger partial charge on any atom is 0.133 e. The quantitative estimate of drug-likeness (QED) is 0.793. The van der Waals surface area contributed by atoms with Crippen LogP contribution in [0.3, 0.4) is 0 Å². The van der Waals surface area contributed by atoms with Gasteiger partial charge in [0.2, 0.25) is 0 Å². The van der Waals surface area contributed by atoms with Crippen LogP contribution < -0.4 is 4.90 Å². The molecule has 1 saturated heterocycles. The van der Waals surface area contributed by atoms with E-state index in [0.717, 1.165) is 22.4 Å². The summed E-state index contributed by atoms with van der Waals surface area (Å²) in [5.41, 5.74) is 1.08. The van der Waals surface area contributed by atoms with E-state index in [-0.39, 0.29) is 0 Å². The molecule has 1 aliphatic heterocycles. The number of rotatable bonds is 3. The van der Waals surface area contributed by atoms with Crippen molar-refractivity contribution in [2.75, 3.05) is 32.1 Å². The van der Waals surface area contributed by atoms with Crippen molar-refractivity contribution < 1.29 is 0 Å². The largest absolute Gasteiger partial charge is 0.355 e. The minimum Gasteiger partial charge on any atom is -0.355 e. The summed E-state index contributed by atoms with van der Waals surface area (Å²) in [6.07, 6.45) is 4.31. The standard InChI is InChI=1S/C13H19BrClN3/c1-17-5-3-4-12(9-17)18(2)13-10(7-15)6-11(14)8-16-13/h6,8,12H,3-5,7,9H2,1-2H3. The third kappa shape index (κ3) is 3.16. The van der Waals surface area contributed by atoms with Gasteiger partial charge in [-0.05, 0) is 48.4 Å². The first-order chi connectivity index (χ1) is 8.61. The Balaban J connectivity index is 2.19. The highest BCUT2D eigenvalue weighted by atomic mass is 79.9. The predicted molar refractivity (Wildman–Crippen MR) is 80.4 cm³/mol. The van der Waals surface area contributed by atoms with Crippen molar-refractivity contribution in [2.45, 2.75) is 24.8 Å². The number of likely N-dealkylation sites (tertiary alicyclic amines) is 1. The number of alkyl halides is 1. The lowest BCUT2D eigenvalue weighted by Gasteiger charge is -2.37. The van der Waals surface area contributed by atoms with Crippen LogP contribution in [0.15, 0.2) is 16.7 Å². The van der Waals surface area contributed by atoms with Gasteiger partial charge in [-0.1, -0.05) is 0 Å². The Bertz CT molecular complexity index is 413. The molecule has 0 bridgehead atoms. The molecule has 0 N–H and O–H groups in total. The van der Waals surface area contributed by atoms with Gasteiger partial charge >= 0.3 is 0 Å². The summed E-state index contributed by atoms with van der Waals surface area (Å²) in [4.78, 5) is 9.18. The molecule has 2 heterocycles. The van der Waals surface area contributed by atoms with E-state index >= 15 is 0 Å². The van der Waals surface area contributed by atoms with Gasteiger partial charge in [0.25, 0.3) is 0 Å². The molecular weight excluding hydrogens is 314 g/mol. The Kier molecular flexibility index (Phi) is 4.87. The smallest absolute Gasteiger partial charge is 0.133 e. The lowest BCUT2D eigenvalue weighted by Crippen LogP contribution is -2.45. The summed E-state index contributed by atoms with van der Waals surface area (Å²) in [5.74, 6) is 1.50. The second kappa shape index (κ2) is 6.22. The van der Waals surface area contributed by atoms with E-state index in [0.29, 0.717) is 11.9 Å². The Labute approximate surface area is 122 Å². The van der Waals surface area contributed by atoms with Gasteiger partial charge in [-0.3, -0.25) is 0 Å². The van der Waals surface area contributed by atoms with Crippen molar-refractivity contribution in [3.05, 3.63) is 22.3 Å². The van der Waals surface area contributed by atoms with Gasteiger partial charge in [0.05, 0.1) is 5.88 Å². The maximum atomic E-state index is 6.02. The zero-order valence-corrected chi connectivity index (χ0v) is 13.2. The number of hydrogen-bond acceptors (Lipinski definition) is 3. The number of anilines is 1. The van der Waals surface area contributed by atoms with Crippen molar-refractivity contribution in [2.24, 2.45) is 0 Å². The average Bonchev–Trinajstić information content (AvgIpc) is 2.37. The molecule has 1 fully saturated rings. The summed E-state index contributed by atoms with van der Waals surface area (Å²) in [6.45, 7) is 2.29. The molecule has 0 amide bonds. The fourth-order valence-corrected chi connectivity index (χ4v) is 3.09. The Morgan fingerprint density at radius 3 is 3.06 bits per heavy atom. The molecule has 0 spiro atoms. The SMILES string of the molecule is CN1CCCC(N(C)c2ncc(Br)cc2CCl)C1. The minimum absolute atomic E-state index is 0.495. The summed E-state index contributed by atoms with van der Waals surface area (Å²) in [6, 6.07) is 2.58.